The van der Waals surface area contributed by atoms with E-state index in [1.54, 1.807) is 28.5 Å². The molecule has 1 atom stereocenters. The molecule has 1 unspecified atom stereocenters. The Hall–Kier alpha value is -2.67. The third kappa shape index (κ3) is 4.42. The maximum absolute atomic E-state index is 12.9. The SMILES string of the molecule is CC(C)c1ccc(C(=O)Nc2sccc2C(=O)N2CCCC(C(N)=O)C2)cc1. The van der Waals surface area contributed by atoms with E-state index in [1.165, 1.54) is 11.3 Å². The van der Waals surface area contributed by atoms with Crippen LogP contribution in [-0.4, -0.2) is 35.7 Å². The van der Waals surface area contributed by atoms with E-state index in [1.807, 2.05) is 12.1 Å². The van der Waals surface area contributed by atoms with Gasteiger partial charge >= 0.3 is 0 Å². The van der Waals surface area contributed by atoms with Crippen LogP contribution in [0.3, 0.4) is 0 Å². The minimum absolute atomic E-state index is 0.183. The van der Waals surface area contributed by atoms with Crippen molar-refractivity contribution in [3.8, 4) is 0 Å². The average molecular weight is 400 g/mol. The summed E-state index contributed by atoms with van der Waals surface area (Å²) >= 11 is 1.31. The maximum atomic E-state index is 12.9. The van der Waals surface area contributed by atoms with Gasteiger partial charge in [-0.1, -0.05) is 26.0 Å². The molecule has 28 heavy (non-hydrogen) atoms. The maximum Gasteiger partial charge on any atom is 0.256 e. The molecule has 1 aromatic carbocycles. The van der Waals surface area contributed by atoms with Crippen molar-refractivity contribution in [3.05, 3.63) is 52.4 Å². The molecular formula is C21H25N3O3S. The number of rotatable bonds is 5. The summed E-state index contributed by atoms with van der Waals surface area (Å²) in [7, 11) is 0. The van der Waals surface area contributed by atoms with E-state index in [2.05, 4.69) is 19.2 Å². The lowest BCUT2D eigenvalue weighted by Gasteiger charge is -2.31. The number of carbonyl (C=O) groups excluding carboxylic acids is 3. The molecule has 0 spiro atoms. The Morgan fingerprint density at radius 1 is 1.18 bits per heavy atom. The Balaban J connectivity index is 1.71. The van der Waals surface area contributed by atoms with Gasteiger partial charge in [-0.2, -0.15) is 0 Å². The third-order valence-corrected chi connectivity index (χ3v) is 5.90. The minimum atomic E-state index is -0.374. The summed E-state index contributed by atoms with van der Waals surface area (Å²) in [4.78, 5) is 38.6. The normalized spacial score (nSPS) is 16.8. The van der Waals surface area contributed by atoms with Crippen molar-refractivity contribution in [2.75, 3.05) is 18.4 Å². The molecule has 1 aromatic heterocycles. The molecule has 0 bridgehead atoms. The Labute approximate surface area is 168 Å². The van der Waals surface area contributed by atoms with Crippen LogP contribution >= 0.6 is 11.3 Å². The van der Waals surface area contributed by atoms with Crippen LogP contribution < -0.4 is 11.1 Å². The number of nitrogens with zero attached hydrogens (tertiary/aromatic N) is 1. The largest absolute Gasteiger partial charge is 0.369 e. The van der Waals surface area contributed by atoms with Crippen LogP contribution in [0.4, 0.5) is 5.00 Å². The van der Waals surface area contributed by atoms with Crippen molar-refractivity contribution < 1.29 is 14.4 Å². The number of anilines is 1. The van der Waals surface area contributed by atoms with Crippen molar-refractivity contribution >= 4 is 34.1 Å². The number of nitrogens with two attached hydrogens (primary N) is 1. The summed E-state index contributed by atoms with van der Waals surface area (Å²) in [5.41, 5.74) is 7.56. The van der Waals surface area contributed by atoms with Crippen molar-refractivity contribution in [2.24, 2.45) is 11.7 Å². The molecule has 3 amide bonds. The first-order valence-corrected chi connectivity index (χ1v) is 10.3. The number of hydrogen-bond acceptors (Lipinski definition) is 4. The van der Waals surface area contributed by atoms with Gasteiger partial charge < -0.3 is 16.0 Å². The molecule has 2 heterocycles. The summed E-state index contributed by atoms with van der Waals surface area (Å²) in [6.07, 6.45) is 1.45. The Bertz CT molecular complexity index is 873. The van der Waals surface area contributed by atoms with E-state index in [0.29, 0.717) is 41.6 Å². The smallest absolute Gasteiger partial charge is 0.256 e. The van der Waals surface area contributed by atoms with Crippen LogP contribution in [0.5, 0.6) is 0 Å². The topological polar surface area (TPSA) is 92.5 Å². The van der Waals surface area contributed by atoms with Gasteiger partial charge in [-0.3, -0.25) is 14.4 Å². The van der Waals surface area contributed by atoms with Crippen molar-refractivity contribution in [2.45, 2.75) is 32.6 Å². The first kappa shape index (κ1) is 20.1. The molecule has 1 saturated heterocycles. The van der Waals surface area contributed by atoms with E-state index in [4.69, 9.17) is 5.73 Å². The Morgan fingerprint density at radius 2 is 1.89 bits per heavy atom. The van der Waals surface area contributed by atoms with Crippen LogP contribution in [0, 0.1) is 5.92 Å². The minimum Gasteiger partial charge on any atom is -0.369 e. The molecule has 2 aromatic rings. The highest BCUT2D eigenvalue weighted by atomic mass is 32.1. The standard InChI is InChI=1S/C21H25N3O3S/c1-13(2)14-5-7-15(8-6-14)19(26)23-20-17(9-11-28-20)21(27)24-10-3-4-16(12-24)18(22)25/h5-9,11,13,16H,3-4,10,12H2,1-2H3,(H2,22,25)(H,23,26). The van der Waals surface area contributed by atoms with E-state index in [0.717, 1.165) is 12.0 Å². The lowest BCUT2D eigenvalue weighted by atomic mass is 9.97. The van der Waals surface area contributed by atoms with Gasteiger partial charge in [0, 0.05) is 18.7 Å². The second-order valence-corrected chi connectivity index (χ2v) is 8.30. The molecule has 7 heteroatoms. The van der Waals surface area contributed by atoms with Crippen LogP contribution in [0.2, 0.25) is 0 Å². The zero-order valence-electron chi connectivity index (χ0n) is 16.1. The van der Waals surface area contributed by atoms with Crippen LogP contribution in [-0.2, 0) is 4.79 Å². The van der Waals surface area contributed by atoms with Gasteiger partial charge in [0.05, 0.1) is 11.5 Å². The number of piperidine rings is 1. The van der Waals surface area contributed by atoms with Crippen LogP contribution in [0.15, 0.2) is 35.7 Å². The monoisotopic (exact) mass is 399 g/mol. The van der Waals surface area contributed by atoms with Gasteiger partial charge in [0.2, 0.25) is 5.91 Å². The summed E-state index contributed by atoms with van der Waals surface area (Å²) < 4.78 is 0. The highest BCUT2D eigenvalue weighted by molar-refractivity contribution is 7.14. The number of likely N-dealkylation sites (tertiary alicyclic amines) is 1. The van der Waals surface area contributed by atoms with Gasteiger partial charge in [-0.05, 0) is 47.9 Å². The number of thiophene rings is 1. The Morgan fingerprint density at radius 3 is 2.54 bits per heavy atom. The fourth-order valence-electron chi connectivity index (χ4n) is 3.33. The van der Waals surface area contributed by atoms with Crippen molar-refractivity contribution in [1.82, 2.24) is 4.90 Å². The molecule has 1 aliphatic rings. The average Bonchev–Trinajstić information content (AvgIpc) is 3.15. The molecule has 0 saturated carbocycles. The van der Waals surface area contributed by atoms with E-state index < -0.39 is 0 Å². The number of carbonyl (C=O) groups is 3. The molecule has 1 fully saturated rings. The molecule has 3 rings (SSSR count). The molecule has 3 N–H and O–H groups in total. The van der Waals surface area contributed by atoms with Gasteiger partial charge in [-0.15, -0.1) is 11.3 Å². The highest BCUT2D eigenvalue weighted by Crippen LogP contribution is 2.27. The van der Waals surface area contributed by atoms with E-state index in [-0.39, 0.29) is 23.6 Å². The zero-order valence-corrected chi connectivity index (χ0v) is 16.9. The fourth-order valence-corrected chi connectivity index (χ4v) is 4.11. The number of benzene rings is 1. The van der Waals surface area contributed by atoms with E-state index >= 15 is 0 Å². The Kier molecular flexibility index (Phi) is 6.14. The lowest BCUT2D eigenvalue weighted by molar-refractivity contribution is -0.123. The number of amides is 3. The molecular weight excluding hydrogens is 374 g/mol. The summed E-state index contributed by atoms with van der Waals surface area (Å²) in [5.74, 6) is -0.722. The van der Waals surface area contributed by atoms with Crippen molar-refractivity contribution in [1.29, 1.82) is 0 Å². The zero-order chi connectivity index (χ0) is 20.3. The predicted molar refractivity (Wildman–Crippen MR) is 111 cm³/mol. The van der Waals surface area contributed by atoms with E-state index in [9.17, 15) is 14.4 Å². The third-order valence-electron chi connectivity index (χ3n) is 5.07. The molecule has 1 aliphatic heterocycles. The molecule has 0 radical (unpaired) electrons. The summed E-state index contributed by atoms with van der Waals surface area (Å²) in [6.45, 7) is 5.11. The number of nitrogens with one attached hydrogen (secondary N) is 1. The predicted octanol–water partition coefficient (Wildman–Crippen LogP) is 3.46. The van der Waals surface area contributed by atoms with Gasteiger partial charge in [0.25, 0.3) is 11.8 Å². The molecule has 148 valence electrons. The van der Waals surface area contributed by atoms with Crippen LogP contribution in [0.1, 0.15) is 58.9 Å². The lowest BCUT2D eigenvalue weighted by Crippen LogP contribution is -2.44. The van der Waals surface area contributed by atoms with Crippen LogP contribution in [0.25, 0.3) is 0 Å². The van der Waals surface area contributed by atoms with Crippen molar-refractivity contribution in [3.63, 3.8) is 0 Å². The summed E-state index contributed by atoms with van der Waals surface area (Å²) in [6, 6.07) is 9.18. The van der Waals surface area contributed by atoms with Gasteiger partial charge in [0.1, 0.15) is 5.00 Å². The summed E-state index contributed by atoms with van der Waals surface area (Å²) in [5, 5.41) is 5.15. The fraction of sp³-hybridized carbons (Fsp3) is 0.381. The van der Waals surface area contributed by atoms with Gasteiger partial charge in [0.15, 0.2) is 0 Å². The first-order valence-electron chi connectivity index (χ1n) is 9.44. The second-order valence-electron chi connectivity index (χ2n) is 7.39. The number of primary amides is 1. The van der Waals surface area contributed by atoms with Gasteiger partial charge in [-0.25, -0.2) is 0 Å². The first-order chi connectivity index (χ1) is 13.4. The second kappa shape index (κ2) is 8.56. The number of hydrogen-bond donors (Lipinski definition) is 2. The molecule has 0 aliphatic carbocycles. The highest BCUT2D eigenvalue weighted by Gasteiger charge is 2.29. The molecule has 6 nitrogen and oxygen atoms in total. The quantitative estimate of drug-likeness (QED) is 0.806.